The molecule has 30 heavy (non-hydrogen) atoms. The van der Waals surface area contributed by atoms with E-state index in [1.54, 1.807) is 0 Å². The Morgan fingerprint density at radius 2 is 1.70 bits per heavy atom. The van der Waals surface area contributed by atoms with Crippen molar-refractivity contribution in [2.75, 3.05) is 32.8 Å². The fourth-order valence-electron chi connectivity index (χ4n) is 4.19. The lowest BCUT2D eigenvalue weighted by atomic mass is 10.0. The van der Waals surface area contributed by atoms with Crippen molar-refractivity contribution in [1.29, 1.82) is 0 Å². The van der Waals surface area contributed by atoms with Crippen LogP contribution in [0.15, 0.2) is 72.9 Å². The van der Waals surface area contributed by atoms with E-state index in [1.807, 2.05) is 30.3 Å². The fourth-order valence-corrected chi connectivity index (χ4v) is 4.19. The van der Waals surface area contributed by atoms with Gasteiger partial charge in [0.15, 0.2) is 0 Å². The van der Waals surface area contributed by atoms with Gasteiger partial charge in [-0.25, -0.2) is 0 Å². The number of benzene rings is 2. The van der Waals surface area contributed by atoms with Crippen LogP contribution in [0, 0.1) is 0 Å². The number of quaternary nitrogens is 1. The van der Waals surface area contributed by atoms with Crippen molar-refractivity contribution in [3.63, 3.8) is 0 Å². The van der Waals surface area contributed by atoms with Crippen molar-refractivity contribution in [2.24, 2.45) is 7.05 Å². The van der Waals surface area contributed by atoms with Gasteiger partial charge in [0.1, 0.15) is 19.1 Å². The molecule has 2 N–H and O–H groups in total. The number of aryl methyl sites for hydroxylation is 1. The summed E-state index contributed by atoms with van der Waals surface area (Å²) >= 11 is 0. The molecule has 1 unspecified atom stereocenters. The minimum Gasteiger partial charge on any atom is -0.370 e. The number of aromatic nitrogens is 1. The number of morpholine rings is 1. The van der Waals surface area contributed by atoms with Gasteiger partial charge in [0.2, 0.25) is 5.91 Å². The van der Waals surface area contributed by atoms with Gasteiger partial charge in [-0.3, -0.25) is 4.79 Å². The summed E-state index contributed by atoms with van der Waals surface area (Å²) in [6, 6.07) is 23.0. The predicted octanol–water partition coefficient (Wildman–Crippen LogP) is 2.01. The zero-order valence-electron chi connectivity index (χ0n) is 17.5. The molecule has 0 spiro atoms. The molecule has 4 rings (SSSR count). The first-order chi connectivity index (χ1) is 14.7. The van der Waals surface area contributed by atoms with E-state index in [9.17, 15) is 4.79 Å². The summed E-state index contributed by atoms with van der Waals surface area (Å²) in [6.45, 7) is 4.11. The molecule has 0 radical (unpaired) electrons. The second kappa shape index (κ2) is 9.74. The van der Waals surface area contributed by atoms with Gasteiger partial charge in [-0.15, -0.1) is 0 Å². The lowest BCUT2D eigenvalue weighted by molar-refractivity contribution is -0.938. The fraction of sp³-hybridized carbons (Fsp3) is 0.320. The first-order valence-electron chi connectivity index (χ1n) is 10.7. The van der Waals surface area contributed by atoms with Crippen molar-refractivity contribution in [1.82, 2.24) is 9.88 Å². The maximum Gasteiger partial charge on any atom is 0.224 e. The van der Waals surface area contributed by atoms with Crippen LogP contribution in [0.3, 0.4) is 0 Å². The number of nitrogens with one attached hydrogen (secondary N) is 2. The number of amides is 1. The van der Waals surface area contributed by atoms with E-state index in [-0.39, 0.29) is 11.9 Å². The van der Waals surface area contributed by atoms with Crippen molar-refractivity contribution in [3.8, 4) is 11.1 Å². The van der Waals surface area contributed by atoms with Crippen LogP contribution in [-0.2, 0) is 23.0 Å². The summed E-state index contributed by atoms with van der Waals surface area (Å²) in [4.78, 5) is 14.1. The van der Waals surface area contributed by atoms with Gasteiger partial charge in [-0.1, -0.05) is 54.6 Å². The van der Waals surface area contributed by atoms with Crippen LogP contribution in [0.1, 0.15) is 17.3 Å². The van der Waals surface area contributed by atoms with Crippen LogP contribution in [-0.4, -0.2) is 43.3 Å². The van der Waals surface area contributed by atoms with E-state index in [0.29, 0.717) is 13.0 Å². The maximum atomic E-state index is 12.7. The van der Waals surface area contributed by atoms with Crippen LogP contribution in [0.5, 0.6) is 0 Å². The zero-order chi connectivity index (χ0) is 20.8. The molecule has 5 nitrogen and oxygen atoms in total. The molecule has 0 saturated carbocycles. The molecule has 1 aliphatic rings. The molecule has 1 amide bonds. The number of carbonyl (C=O) groups is 1. The summed E-state index contributed by atoms with van der Waals surface area (Å²) in [5.41, 5.74) is 4.63. The molecule has 1 atom stereocenters. The lowest BCUT2D eigenvalue weighted by Crippen LogP contribution is -3.15. The number of hydrogen-bond donors (Lipinski definition) is 2. The Labute approximate surface area is 178 Å². The molecular weight excluding hydrogens is 374 g/mol. The van der Waals surface area contributed by atoms with Gasteiger partial charge in [-0.05, 0) is 28.8 Å². The Balaban J connectivity index is 1.37. The number of carbonyl (C=O) groups excluding carboxylic acids is 1. The summed E-state index contributed by atoms with van der Waals surface area (Å²) in [6.07, 6.45) is 2.46. The lowest BCUT2D eigenvalue weighted by Gasteiger charge is -2.32. The third-order valence-electron chi connectivity index (χ3n) is 5.90. The normalized spacial score (nSPS) is 15.6. The topological polar surface area (TPSA) is 47.7 Å². The average molecular weight is 405 g/mol. The number of rotatable bonds is 7. The van der Waals surface area contributed by atoms with Gasteiger partial charge in [0.05, 0.1) is 31.9 Å². The van der Waals surface area contributed by atoms with Crippen molar-refractivity contribution in [3.05, 3.63) is 84.2 Å². The van der Waals surface area contributed by atoms with E-state index in [2.05, 4.69) is 59.5 Å². The molecule has 1 aliphatic heterocycles. The molecule has 1 fully saturated rings. The number of hydrogen-bond acceptors (Lipinski definition) is 2. The second-order valence-electron chi connectivity index (χ2n) is 7.91. The molecule has 0 aliphatic carbocycles. The van der Waals surface area contributed by atoms with E-state index in [4.69, 9.17) is 4.74 Å². The van der Waals surface area contributed by atoms with E-state index >= 15 is 0 Å². The van der Waals surface area contributed by atoms with Gasteiger partial charge < -0.3 is 19.5 Å². The van der Waals surface area contributed by atoms with Crippen molar-refractivity contribution < 1.29 is 14.4 Å². The van der Waals surface area contributed by atoms with Crippen molar-refractivity contribution in [2.45, 2.75) is 12.5 Å². The van der Waals surface area contributed by atoms with Crippen LogP contribution in [0.25, 0.3) is 11.1 Å². The van der Waals surface area contributed by atoms with Crippen LogP contribution < -0.4 is 10.2 Å². The molecule has 0 bridgehead atoms. The standard InChI is InChI=1S/C25H29N3O2/c1-27-13-5-8-23(27)24(28-14-16-30-17-15-28)19-26-25(29)18-20-9-11-22(12-10-20)21-6-3-2-4-7-21/h2-13,24H,14-19H2,1H3,(H,26,29)/p+1. The van der Waals surface area contributed by atoms with Gasteiger partial charge in [0, 0.05) is 13.2 Å². The minimum absolute atomic E-state index is 0.0642. The van der Waals surface area contributed by atoms with Crippen LogP contribution in [0.2, 0.25) is 0 Å². The highest BCUT2D eigenvalue weighted by Crippen LogP contribution is 2.19. The summed E-state index contributed by atoms with van der Waals surface area (Å²) in [5.74, 6) is 0.0642. The Morgan fingerprint density at radius 1 is 1.00 bits per heavy atom. The van der Waals surface area contributed by atoms with Gasteiger partial charge in [-0.2, -0.15) is 0 Å². The Morgan fingerprint density at radius 3 is 2.37 bits per heavy atom. The minimum atomic E-state index is 0.0642. The predicted molar refractivity (Wildman–Crippen MR) is 118 cm³/mol. The first kappa shape index (κ1) is 20.4. The maximum absolute atomic E-state index is 12.7. The Kier molecular flexibility index (Phi) is 6.62. The third-order valence-corrected chi connectivity index (χ3v) is 5.90. The highest BCUT2D eigenvalue weighted by molar-refractivity contribution is 5.78. The summed E-state index contributed by atoms with van der Waals surface area (Å²) < 4.78 is 7.68. The monoisotopic (exact) mass is 404 g/mol. The van der Waals surface area contributed by atoms with E-state index in [0.717, 1.165) is 31.9 Å². The van der Waals surface area contributed by atoms with Crippen molar-refractivity contribution >= 4 is 5.91 Å². The first-order valence-corrected chi connectivity index (χ1v) is 10.7. The largest absolute Gasteiger partial charge is 0.370 e. The number of nitrogens with zero attached hydrogens (tertiary/aromatic N) is 1. The molecule has 156 valence electrons. The average Bonchev–Trinajstić information content (AvgIpc) is 3.21. The molecular formula is C25H30N3O2+. The molecule has 5 heteroatoms. The third kappa shape index (κ3) is 4.99. The Bertz CT molecular complexity index is 944. The quantitative estimate of drug-likeness (QED) is 0.633. The van der Waals surface area contributed by atoms with E-state index in [1.165, 1.54) is 21.7 Å². The molecule has 1 saturated heterocycles. The molecule has 3 aromatic rings. The highest BCUT2D eigenvalue weighted by Gasteiger charge is 2.28. The van der Waals surface area contributed by atoms with E-state index < -0.39 is 0 Å². The van der Waals surface area contributed by atoms with Crippen LogP contribution in [0.4, 0.5) is 0 Å². The summed E-state index contributed by atoms with van der Waals surface area (Å²) in [5, 5.41) is 3.18. The molecule has 2 aromatic carbocycles. The highest BCUT2D eigenvalue weighted by atomic mass is 16.5. The zero-order valence-corrected chi connectivity index (χ0v) is 17.5. The van der Waals surface area contributed by atoms with Gasteiger partial charge in [0.25, 0.3) is 0 Å². The van der Waals surface area contributed by atoms with Crippen LogP contribution >= 0.6 is 0 Å². The second-order valence-corrected chi connectivity index (χ2v) is 7.91. The SMILES string of the molecule is Cn1cccc1C(CNC(=O)Cc1ccc(-c2ccccc2)cc1)[NH+]1CCOCC1. The Hall–Kier alpha value is -2.89. The molecule has 2 heterocycles. The van der Waals surface area contributed by atoms with Gasteiger partial charge >= 0.3 is 0 Å². The smallest absolute Gasteiger partial charge is 0.224 e. The summed E-state index contributed by atoms with van der Waals surface area (Å²) in [7, 11) is 2.07. The number of ether oxygens (including phenoxy) is 1. The molecule has 1 aromatic heterocycles.